The first-order valence-corrected chi connectivity index (χ1v) is 14.1. The van der Waals surface area contributed by atoms with Crippen molar-refractivity contribution in [1.29, 1.82) is 0 Å². The van der Waals surface area contributed by atoms with Gasteiger partial charge in [-0.25, -0.2) is 0 Å². The van der Waals surface area contributed by atoms with E-state index in [2.05, 4.69) is 5.32 Å². The van der Waals surface area contributed by atoms with Crippen molar-refractivity contribution in [1.82, 2.24) is 10.2 Å². The summed E-state index contributed by atoms with van der Waals surface area (Å²) >= 11 is 0. The number of hydrogen-bond donors (Lipinski definition) is 2. The zero-order chi connectivity index (χ0) is 29.9. The molecule has 42 heavy (non-hydrogen) atoms. The van der Waals surface area contributed by atoms with E-state index in [0.29, 0.717) is 41.8 Å². The number of ether oxygens (including phenoxy) is 1. The Morgan fingerprint density at radius 3 is 2.14 bits per heavy atom. The van der Waals surface area contributed by atoms with Crippen molar-refractivity contribution in [3.8, 4) is 16.9 Å². The molecule has 0 radical (unpaired) electrons. The van der Waals surface area contributed by atoms with E-state index in [4.69, 9.17) is 4.74 Å². The zero-order valence-corrected chi connectivity index (χ0v) is 24.0. The van der Waals surface area contributed by atoms with Crippen LogP contribution in [-0.2, 0) is 11.2 Å². The number of amides is 2. The molecule has 0 saturated heterocycles. The second-order valence-corrected chi connectivity index (χ2v) is 9.96. The summed E-state index contributed by atoms with van der Waals surface area (Å²) < 4.78 is 5.60. The molecule has 4 aromatic carbocycles. The summed E-state index contributed by atoms with van der Waals surface area (Å²) in [5, 5.41) is 12.4. The molecule has 0 spiro atoms. The fourth-order valence-corrected chi connectivity index (χ4v) is 4.86. The molecule has 2 N–H and O–H groups in total. The number of nitrogens with zero attached hydrogens (tertiary/aromatic N) is 1. The summed E-state index contributed by atoms with van der Waals surface area (Å²) in [6.07, 6.45) is 0.355. The molecule has 0 aliphatic carbocycles. The average Bonchev–Trinajstić information content (AvgIpc) is 3.01. The number of carbonyl (C=O) groups excluding carboxylic acids is 2. The molecule has 0 saturated carbocycles. The van der Waals surface area contributed by atoms with E-state index in [1.54, 1.807) is 29.2 Å². The average molecular weight is 565 g/mol. The quantitative estimate of drug-likeness (QED) is 0.196. The minimum Gasteiger partial charge on any atom is -0.494 e. The molecular formula is C35H36N2O5. The summed E-state index contributed by atoms with van der Waals surface area (Å²) in [7, 11) is 0. The summed E-state index contributed by atoms with van der Waals surface area (Å²) in [6, 6.07) is 31.5. The fraction of sp³-hybridized carbons (Fsp3) is 0.229. The molecule has 2 amide bonds. The van der Waals surface area contributed by atoms with Crippen molar-refractivity contribution >= 4 is 17.8 Å². The van der Waals surface area contributed by atoms with E-state index >= 15 is 0 Å². The van der Waals surface area contributed by atoms with Gasteiger partial charge in [0.05, 0.1) is 19.1 Å². The van der Waals surface area contributed by atoms with Gasteiger partial charge in [-0.05, 0) is 66.8 Å². The van der Waals surface area contributed by atoms with E-state index in [1.165, 1.54) is 0 Å². The Morgan fingerprint density at radius 1 is 0.810 bits per heavy atom. The van der Waals surface area contributed by atoms with Crippen LogP contribution in [0.3, 0.4) is 0 Å². The van der Waals surface area contributed by atoms with E-state index < -0.39 is 5.97 Å². The van der Waals surface area contributed by atoms with Gasteiger partial charge in [0.2, 0.25) is 0 Å². The van der Waals surface area contributed by atoms with Crippen molar-refractivity contribution in [3.63, 3.8) is 0 Å². The first-order chi connectivity index (χ1) is 20.4. The lowest BCUT2D eigenvalue weighted by molar-refractivity contribution is -0.137. The second kappa shape index (κ2) is 14.6. The number of hydrogen-bond acceptors (Lipinski definition) is 4. The minimum atomic E-state index is -0.978. The van der Waals surface area contributed by atoms with Crippen LogP contribution in [0, 0.1) is 0 Å². The van der Waals surface area contributed by atoms with Gasteiger partial charge in [-0.15, -0.1) is 0 Å². The van der Waals surface area contributed by atoms with E-state index in [9.17, 15) is 19.5 Å². The SMILES string of the molecule is CCOc1cccc(CCN(CCC(=O)O)C(=O)c2ccccc2-c2ccccc2C(=O)NC(C)c2ccccc2)c1. The first kappa shape index (κ1) is 30.1. The Balaban J connectivity index is 1.61. The minimum absolute atomic E-state index is 0.0599. The zero-order valence-electron chi connectivity index (χ0n) is 24.0. The van der Waals surface area contributed by atoms with Crippen LogP contribution in [0.2, 0.25) is 0 Å². The van der Waals surface area contributed by atoms with E-state index in [-0.39, 0.29) is 30.8 Å². The number of aliphatic carboxylic acids is 1. The highest BCUT2D eigenvalue weighted by atomic mass is 16.5. The number of benzene rings is 4. The molecule has 4 rings (SSSR count). The van der Waals surface area contributed by atoms with Crippen LogP contribution < -0.4 is 10.1 Å². The third-order valence-corrected chi connectivity index (χ3v) is 7.03. The molecular weight excluding hydrogens is 528 g/mol. The molecule has 0 aliphatic heterocycles. The third-order valence-electron chi connectivity index (χ3n) is 7.03. The lowest BCUT2D eigenvalue weighted by Crippen LogP contribution is -2.35. The van der Waals surface area contributed by atoms with Crippen molar-refractivity contribution in [3.05, 3.63) is 125 Å². The van der Waals surface area contributed by atoms with Gasteiger partial charge >= 0.3 is 5.97 Å². The molecule has 216 valence electrons. The number of nitrogens with one attached hydrogen (secondary N) is 1. The summed E-state index contributed by atoms with van der Waals surface area (Å²) in [6.45, 7) is 4.78. The van der Waals surface area contributed by atoms with Gasteiger partial charge in [0, 0.05) is 24.2 Å². The summed E-state index contributed by atoms with van der Waals surface area (Å²) in [5.41, 5.74) is 4.06. The van der Waals surface area contributed by atoms with Crippen LogP contribution >= 0.6 is 0 Å². The molecule has 1 atom stereocenters. The molecule has 0 aliphatic rings. The molecule has 4 aromatic rings. The first-order valence-electron chi connectivity index (χ1n) is 14.1. The largest absolute Gasteiger partial charge is 0.494 e. The van der Waals surface area contributed by atoms with Gasteiger partial charge in [-0.3, -0.25) is 14.4 Å². The molecule has 0 aromatic heterocycles. The number of rotatable bonds is 13. The molecule has 0 fully saturated rings. The van der Waals surface area contributed by atoms with Crippen molar-refractivity contribution in [2.75, 3.05) is 19.7 Å². The Morgan fingerprint density at radius 2 is 1.45 bits per heavy atom. The van der Waals surface area contributed by atoms with Gasteiger partial charge in [-0.1, -0.05) is 78.9 Å². The van der Waals surface area contributed by atoms with Crippen LogP contribution in [0.15, 0.2) is 103 Å². The summed E-state index contributed by atoms with van der Waals surface area (Å²) in [5.74, 6) is -0.768. The van der Waals surface area contributed by atoms with Crippen molar-refractivity contribution in [2.45, 2.75) is 32.7 Å². The summed E-state index contributed by atoms with van der Waals surface area (Å²) in [4.78, 5) is 40.5. The number of carbonyl (C=O) groups is 3. The van der Waals surface area contributed by atoms with Gasteiger partial charge in [-0.2, -0.15) is 0 Å². The Bertz CT molecular complexity index is 1520. The standard InChI is InChI=1S/C35H36N2O5/c1-3-42-28-15-11-12-26(24-28)20-22-37(23-21-33(38)39)35(41)32-19-10-8-17-30(32)29-16-7-9-18-31(29)34(40)36-25(2)27-13-5-4-6-14-27/h4-19,24-25H,3,20-23H2,1-2H3,(H,36,40)(H,38,39). The maximum absolute atomic E-state index is 14.0. The Kier molecular flexibility index (Phi) is 10.5. The molecule has 0 heterocycles. The monoisotopic (exact) mass is 564 g/mol. The van der Waals surface area contributed by atoms with Crippen molar-refractivity contribution in [2.24, 2.45) is 0 Å². The van der Waals surface area contributed by atoms with Crippen LogP contribution in [-0.4, -0.2) is 47.5 Å². The predicted octanol–water partition coefficient (Wildman–Crippen LogP) is 6.40. The van der Waals surface area contributed by atoms with E-state index in [1.807, 2.05) is 92.7 Å². The van der Waals surface area contributed by atoms with Crippen LogP contribution in [0.4, 0.5) is 0 Å². The van der Waals surface area contributed by atoms with Gasteiger partial charge in [0.25, 0.3) is 11.8 Å². The Labute approximate surface area is 246 Å². The van der Waals surface area contributed by atoms with Crippen LogP contribution in [0.5, 0.6) is 5.75 Å². The maximum atomic E-state index is 14.0. The molecule has 7 nitrogen and oxygen atoms in total. The smallest absolute Gasteiger partial charge is 0.305 e. The lowest BCUT2D eigenvalue weighted by atomic mass is 9.94. The lowest BCUT2D eigenvalue weighted by Gasteiger charge is -2.24. The molecule has 0 bridgehead atoms. The van der Waals surface area contributed by atoms with Crippen molar-refractivity contribution < 1.29 is 24.2 Å². The normalized spacial score (nSPS) is 11.4. The fourth-order valence-electron chi connectivity index (χ4n) is 4.86. The third kappa shape index (κ3) is 7.85. The van der Waals surface area contributed by atoms with E-state index in [0.717, 1.165) is 16.9 Å². The highest BCUT2D eigenvalue weighted by molar-refractivity contribution is 6.06. The van der Waals surface area contributed by atoms with Gasteiger partial charge < -0.3 is 20.1 Å². The molecule has 1 unspecified atom stereocenters. The molecule has 7 heteroatoms. The second-order valence-electron chi connectivity index (χ2n) is 9.96. The van der Waals surface area contributed by atoms with Gasteiger partial charge in [0.15, 0.2) is 0 Å². The van der Waals surface area contributed by atoms with Gasteiger partial charge in [0.1, 0.15) is 5.75 Å². The predicted molar refractivity (Wildman–Crippen MR) is 164 cm³/mol. The number of carboxylic acid groups (broad SMARTS) is 1. The Hall–Kier alpha value is -4.91. The highest BCUT2D eigenvalue weighted by Gasteiger charge is 2.23. The maximum Gasteiger partial charge on any atom is 0.305 e. The van der Waals surface area contributed by atoms with Crippen LogP contribution in [0.1, 0.15) is 58.2 Å². The number of carboxylic acids is 1. The van der Waals surface area contributed by atoms with Crippen LogP contribution in [0.25, 0.3) is 11.1 Å². The topological polar surface area (TPSA) is 95.9 Å². The highest BCUT2D eigenvalue weighted by Crippen LogP contribution is 2.29.